The lowest BCUT2D eigenvalue weighted by Crippen LogP contribution is -2.36. The van der Waals surface area contributed by atoms with Crippen molar-refractivity contribution in [3.63, 3.8) is 0 Å². The summed E-state index contributed by atoms with van der Waals surface area (Å²) in [6.07, 6.45) is 3.51. The molecule has 0 aliphatic carbocycles. The molecule has 2 N–H and O–H groups in total. The molecule has 3 rings (SSSR count). The van der Waals surface area contributed by atoms with Gasteiger partial charge < -0.3 is 10.6 Å². The summed E-state index contributed by atoms with van der Waals surface area (Å²) >= 11 is 0. The van der Waals surface area contributed by atoms with Crippen LogP contribution in [0, 0.1) is 0 Å². The number of hydrogen-bond donors (Lipinski definition) is 2. The fraction of sp³-hybridized carbons (Fsp3) is 0.333. The van der Waals surface area contributed by atoms with Crippen LogP contribution in [0.25, 0.3) is 0 Å². The standard InChI is InChI=1S/C18H22N2/c1-2-6-15(7-3-1)12-13-19-14-17-11-10-16-8-4-5-9-18(16)20-17/h1-9,17,19-20H,10-14H2/t17-/m1/s1. The first-order valence-corrected chi connectivity index (χ1v) is 7.51. The van der Waals surface area contributed by atoms with Crippen LogP contribution in [0.1, 0.15) is 17.5 Å². The van der Waals surface area contributed by atoms with Gasteiger partial charge in [0.15, 0.2) is 0 Å². The first-order chi connectivity index (χ1) is 9.92. The van der Waals surface area contributed by atoms with E-state index in [9.17, 15) is 0 Å². The molecule has 1 aliphatic rings. The Kier molecular flexibility index (Phi) is 4.34. The van der Waals surface area contributed by atoms with Gasteiger partial charge in [0.05, 0.1) is 0 Å². The molecule has 2 heteroatoms. The average molecular weight is 266 g/mol. The number of fused-ring (bicyclic) bond motifs is 1. The summed E-state index contributed by atoms with van der Waals surface area (Å²) < 4.78 is 0. The Hall–Kier alpha value is -1.80. The third-order valence-electron chi connectivity index (χ3n) is 3.96. The van der Waals surface area contributed by atoms with Gasteiger partial charge in [0.25, 0.3) is 0 Å². The zero-order valence-corrected chi connectivity index (χ0v) is 11.8. The maximum absolute atomic E-state index is 3.63. The van der Waals surface area contributed by atoms with Crippen LogP contribution in [0.3, 0.4) is 0 Å². The van der Waals surface area contributed by atoms with E-state index in [-0.39, 0.29) is 0 Å². The van der Waals surface area contributed by atoms with E-state index in [1.54, 1.807) is 0 Å². The molecule has 0 fully saturated rings. The summed E-state index contributed by atoms with van der Waals surface area (Å²) in [5.41, 5.74) is 4.17. The van der Waals surface area contributed by atoms with E-state index in [1.807, 2.05) is 0 Å². The van der Waals surface area contributed by atoms with Gasteiger partial charge in [0, 0.05) is 18.3 Å². The van der Waals surface area contributed by atoms with Crippen LogP contribution in [-0.4, -0.2) is 19.1 Å². The van der Waals surface area contributed by atoms with E-state index in [0.29, 0.717) is 6.04 Å². The van der Waals surface area contributed by atoms with Crippen molar-refractivity contribution in [2.45, 2.75) is 25.3 Å². The molecule has 20 heavy (non-hydrogen) atoms. The number of benzene rings is 2. The van der Waals surface area contributed by atoms with Crippen molar-refractivity contribution in [2.24, 2.45) is 0 Å². The van der Waals surface area contributed by atoms with E-state index in [4.69, 9.17) is 0 Å². The van der Waals surface area contributed by atoms with Crippen molar-refractivity contribution in [2.75, 3.05) is 18.4 Å². The second-order valence-electron chi connectivity index (χ2n) is 5.48. The molecule has 1 atom stereocenters. The molecule has 1 aliphatic heterocycles. The minimum absolute atomic E-state index is 0.556. The lowest BCUT2D eigenvalue weighted by Gasteiger charge is -2.27. The highest BCUT2D eigenvalue weighted by atomic mass is 15.0. The van der Waals surface area contributed by atoms with Gasteiger partial charge in [0.2, 0.25) is 0 Å². The van der Waals surface area contributed by atoms with E-state index in [1.165, 1.54) is 29.7 Å². The van der Waals surface area contributed by atoms with Crippen molar-refractivity contribution in [3.8, 4) is 0 Å². The lowest BCUT2D eigenvalue weighted by atomic mass is 9.98. The second-order valence-corrected chi connectivity index (χ2v) is 5.48. The number of aryl methyl sites for hydroxylation is 1. The lowest BCUT2D eigenvalue weighted by molar-refractivity contribution is 0.560. The zero-order valence-electron chi connectivity index (χ0n) is 11.8. The summed E-state index contributed by atoms with van der Waals surface area (Å²) in [5.74, 6) is 0. The summed E-state index contributed by atoms with van der Waals surface area (Å²) in [6.45, 7) is 2.09. The highest BCUT2D eigenvalue weighted by Crippen LogP contribution is 2.23. The molecule has 0 saturated carbocycles. The molecule has 0 radical (unpaired) electrons. The minimum Gasteiger partial charge on any atom is -0.381 e. The van der Waals surface area contributed by atoms with Gasteiger partial charge in [-0.15, -0.1) is 0 Å². The zero-order chi connectivity index (χ0) is 13.6. The monoisotopic (exact) mass is 266 g/mol. The van der Waals surface area contributed by atoms with Crippen LogP contribution < -0.4 is 10.6 Å². The van der Waals surface area contributed by atoms with Gasteiger partial charge in [-0.05, 0) is 43.0 Å². The van der Waals surface area contributed by atoms with Crippen molar-refractivity contribution >= 4 is 5.69 Å². The molecule has 1 heterocycles. The molecule has 0 unspecified atom stereocenters. The molecule has 2 nitrogen and oxygen atoms in total. The van der Waals surface area contributed by atoms with Crippen LogP contribution in [0.15, 0.2) is 54.6 Å². The maximum atomic E-state index is 3.63. The second kappa shape index (κ2) is 6.58. The smallest absolute Gasteiger partial charge is 0.0389 e. The van der Waals surface area contributed by atoms with E-state index in [0.717, 1.165) is 19.5 Å². The Labute approximate surface area is 121 Å². The van der Waals surface area contributed by atoms with Gasteiger partial charge in [-0.2, -0.15) is 0 Å². The Bertz CT molecular complexity index is 536. The molecule has 2 aromatic carbocycles. The Balaban J connectivity index is 1.42. The van der Waals surface area contributed by atoms with Gasteiger partial charge in [0.1, 0.15) is 0 Å². The average Bonchev–Trinajstić information content (AvgIpc) is 2.52. The Morgan fingerprint density at radius 2 is 1.80 bits per heavy atom. The fourth-order valence-corrected chi connectivity index (χ4v) is 2.81. The van der Waals surface area contributed by atoms with Crippen molar-refractivity contribution in [3.05, 3.63) is 65.7 Å². The van der Waals surface area contributed by atoms with Crippen molar-refractivity contribution in [1.82, 2.24) is 5.32 Å². The number of nitrogens with one attached hydrogen (secondary N) is 2. The van der Waals surface area contributed by atoms with Crippen molar-refractivity contribution in [1.29, 1.82) is 0 Å². The largest absolute Gasteiger partial charge is 0.381 e. The molecule has 0 amide bonds. The molecular formula is C18H22N2. The van der Waals surface area contributed by atoms with Crippen LogP contribution >= 0.6 is 0 Å². The van der Waals surface area contributed by atoms with E-state index in [2.05, 4.69) is 65.2 Å². The molecule has 0 aromatic heterocycles. The van der Waals surface area contributed by atoms with Crippen LogP contribution in [0.2, 0.25) is 0 Å². The topological polar surface area (TPSA) is 24.1 Å². The number of rotatable bonds is 5. The highest BCUT2D eigenvalue weighted by molar-refractivity contribution is 5.53. The summed E-state index contributed by atoms with van der Waals surface area (Å²) in [7, 11) is 0. The molecule has 0 bridgehead atoms. The number of anilines is 1. The maximum Gasteiger partial charge on any atom is 0.0389 e. The highest BCUT2D eigenvalue weighted by Gasteiger charge is 2.16. The molecule has 0 spiro atoms. The normalized spacial score (nSPS) is 17.3. The Morgan fingerprint density at radius 1 is 1.00 bits per heavy atom. The quantitative estimate of drug-likeness (QED) is 0.812. The van der Waals surface area contributed by atoms with E-state index < -0.39 is 0 Å². The van der Waals surface area contributed by atoms with Gasteiger partial charge in [-0.1, -0.05) is 48.5 Å². The molecule has 104 valence electrons. The SMILES string of the molecule is c1ccc(CCNC[C@H]2CCc3ccccc3N2)cc1. The first-order valence-electron chi connectivity index (χ1n) is 7.51. The number of para-hydroxylation sites is 1. The van der Waals surface area contributed by atoms with Crippen LogP contribution in [-0.2, 0) is 12.8 Å². The third-order valence-corrected chi connectivity index (χ3v) is 3.96. The van der Waals surface area contributed by atoms with Gasteiger partial charge in [-0.25, -0.2) is 0 Å². The fourth-order valence-electron chi connectivity index (χ4n) is 2.81. The predicted octanol–water partition coefficient (Wildman–Crippen LogP) is 3.25. The van der Waals surface area contributed by atoms with Gasteiger partial charge >= 0.3 is 0 Å². The molecular weight excluding hydrogens is 244 g/mol. The van der Waals surface area contributed by atoms with Crippen LogP contribution in [0.4, 0.5) is 5.69 Å². The van der Waals surface area contributed by atoms with Crippen molar-refractivity contribution < 1.29 is 0 Å². The third kappa shape index (κ3) is 3.40. The molecule has 0 saturated heterocycles. The minimum atomic E-state index is 0.556. The number of hydrogen-bond acceptors (Lipinski definition) is 2. The predicted molar refractivity (Wildman–Crippen MR) is 85.2 cm³/mol. The molecule has 2 aromatic rings. The summed E-state index contributed by atoms with van der Waals surface area (Å²) in [4.78, 5) is 0. The van der Waals surface area contributed by atoms with E-state index >= 15 is 0 Å². The first kappa shape index (κ1) is 13.2. The Morgan fingerprint density at radius 3 is 2.70 bits per heavy atom. The summed E-state index contributed by atoms with van der Waals surface area (Å²) in [5, 5.41) is 7.21. The van der Waals surface area contributed by atoms with Gasteiger partial charge in [-0.3, -0.25) is 0 Å². The summed E-state index contributed by atoms with van der Waals surface area (Å²) in [6, 6.07) is 19.9. The van der Waals surface area contributed by atoms with Crippen LogP contribution in [0.5, 0.6) is 0 Å².